The van der Waals surface area contributed by atoms with Gasteiger partial charge in [-0.1, -0.05) is 31.9 Å². The lowest BCUT2D eigenvalue weighted by atomic mass is 9.70. The van der Waals surface area contributed by atoms with Gasteiger partial charge in [-0.25, -0.2) is 0 Å². The number of carbonyl (C=O) groups excluding carboxylic acids is 1. The summed E-state index contributed by atoms with van der Waals surface area (Å²) in [7, 11) is 0. The Kier molecular flexibility index (Phi) is 4.37. The SMILES string of the molecule is C/C=C/[C@@]1(CCCC)CCCC(=O)C1. The van der Waals surface area contributed by atoms with Crippen molar-refractivity contribution in [3.05, 3.63) is 12.2 Å². The van der Waals surface area contributed by atoms with Crippen LogP contribution in [-0.2, 0) is 4.79 Å². The van der Waals surface area contributed by atoms with Gasteiger partial charge in [0.2, 0.25) is 0 Å². The summed E-state index contributed by atoms with van der Waals surface area (Å²) in [6.07, 6.45) is 12.0. The van der Waals surface area contributed by atoms with Crippen molar-refractivity contribution < 1.29 is 4.79 Å². The van der Waals surface area contributed by atoms with Crippen LogP contribution in [0.2, 0.25) is 0 Å². The summed E-state index contributed by atoms with van der Waals surface area (Å²) < 4.78 is 0. The van der Waals surface area contributed by atoms with Gasteiger partial charge in [0.25, 0.3) is 0 Å². The second-order valence-electron chi connectivity index (χ2n) is 4.53. The van der Waals surface area contributed by atoms with Crippen molar-refractivity contribution in [3.8, 4) is 0 Å². The lowest BCUT2D eigenvalue weighted by Crippen LogP contribution is -2.26. The fourth-order valence-corrected chi connectivity index (χ4v) is 2.53. The van der Waals surface area contributed by atoms with Gasteiger partial charge in [0, 0.05) is 12.8 Å². The number of hydrogen-bond acceptors (Lipinski definition) is 1. The molecule has 1 aliphatic rings. The molecule has 0 unspecified atom stereocenters. The van der Waals surface area contributed by atoms with Crippen LogP contribution in [0.5, 0.6) is 0 Å². The highest BCUT2D eigenvalue weighted by molar-refractivity contribution is 5.80. The van der Waals surface area contributed by atoms with Gasteiger partial charge in [0.1, 0.15) is 5.78 Å². The van der Waals surface area contributed by atoms with E-state index in [1.54, 1.807) is 0 Å². The van der Waals surface area contributed by atoms with Crippen molar-refractivity contribution in [2.24, 2.45) is 5.41 Å². The topological polar surface area (TPSA) is 17.1 Å². The lowest BCUT2D eigenvalue weighted by molar-refractivity contribution is -0.122. The van der Waals surface area contributed by atoms with E-state index in [1.165, 1.54) is 25.7 Å². The first-order valence-corrected chi connectivity index (χ1v) is 5.88. The molecule has 1 heteroatoms. The van der Waals surface area contributed by atoms with Crippen molar-refractivity contribution in [2.45, 2.75) is 58.8 Å². The molecule has 1 fully saturated rings. The lowest BCUT2D eigenvalue weighted by Gasteiger charge is -2.33. The zero-order valence-electron chi connectivity index (χ0n) is 9.51. The molecule has 0 spiro atoms. The van der Waals surface area contributed by atoms with E-state index in [1.807, 2.05) is 0 Å². The van der Waals surface area contributed by atoms with Crippen molar-refractivity contribution in [2.75, 3.05) is 0 Å². The third-order valence-corrected chi connectivity index (χ3v) is 3.23. The van der Waals surface area contributed by atoms with Crippen LogP contribution in [0, 0.1) is 5.41 Å². The van der Waals surface area contributed by atoms with E-state index < -0.39 is 0 Å². The van der Waals surface area contributed by atoms with Crippen molar-refractivity contribution in [1.82, 2.24) is 0 Å². The molecule has 14 heavy (non-hydrogen) atoms. The monoisotopic (exact) mass is 194 g/mol. The van der Waals surface area contributed by atoms with Gasteiger partial charge in [-0.2, -0.15) is 0 Å². The summed E-state index contributed by atoms with van der Waals surface area (Å²) in [5.41, 5.74) is 0.222. The van der Waals surface area contributed by atoms with Crippen LogP contribution in [0.4, 0.5) is 0 Å². The van der Waals surface area contributed by atoms with E-state index in [0.717, 1.165) is 19.3 Å². The molecule has 1 rings (SSSR count). The van der Waals surface area contributed by atoms with Gasteiger partial charge in [-0.15, -0.1) is 0 Å². The quantitative estimate of drug-likeness (QED) is 0.621. The smallest absolute Gasteiger partial charge is 0.133 e. The molecule has 1 nitrogen and oxygen atoms in total. The molecule has 0 aromatic carbocycles. The predicted octanol–water partition coefficient (Wildman–Crippen LogP) is 3.88. The third kappa shape index (κ3) is 2.97. The van der Waals surface area contributed by atoms with Gasteiger partial charge in [0.15, 0.2) is 0 Å². The summed E-state index contributed by atoms with van der Waals surface area (Å²) in [5.74, 6) is 0.463. The second kappa shape index (κ2) is 5.33. The minimum absolute atomic E-state index is 0.222. The molecule has 80 valence electrons. The number of carbonyl (C=O) groups is 1. The standard InChI is InChI=1S/C13H22O/c1-3-5-9-13(8-4-2)10-6-7-12(14)11-13/h4,8H,3,5-7,9-11H2,1-2H3/b8-4+/t13-/m1/s1. The average molecular weight is 194 g/mol. The Hall–Kier alpha value is -0.590. The maximum absolute atomic E-state index is 11.5. The predicted molar refractivity (Wildman–Crippen MR) is 60.2 cm³/mol. The zero-order valence-corrected chi connectivity index (χ0v) is 9.51. The normalized spacial score (nSPS) is 28.6. The summed E-state index contributed by atoms with van der Waals surface area (Å²) in [6, 6.07) is 0. The first-order chi connectivity index (χ1) is 6.72. The fourth-order valence-electron chi connectivity index (χ4n) is 2.53. The van der Waals surface area contributed by atoms with E-state index >= 15 is 0 Å². The summed E-state index contributed by atoms with van der Waals surface area (Å²) in [5, 5.41) is 0. The minimum atomic E-state index is 0.222. The Balaban J connectivity index is 2.64. The molecule has 0 radical (unpaired) electrons. The fraction of sp³-hybridized carbons (Fsp3) is 0.769. The van der Waals surface area contributed by atoms with E-state index in [-0.39, 0.29) is 5.41 Å². The Bertz CT molecular complexity index is 217. The van der Waals surface area contributed by atoms with E-state index in [4.69, 9.17) is 0 Å². The molecule has 1 saturated carbocycles. The van der Waals surface area contributed by atoms with Crippen molar-refractivity contribution in [3.63, 3.8) is 0 Å². The average Bonchev–Trinajstić information content (AvgIpc) is 2.15. The molecule has 1 aliphatic carbocycles. The van der Waals surface area contributed by atoms with E-state index in [2.05, 4.69) is 26.0 Å². The highest BCUT2D eigenvalue weighted by atomic mass is 16.1. The van der Waals surface area contributed by atoms with Gasteiger partial charge >= 0.3 is 0 Å². The summed E-state index contributed by atoms with van der Waals surface area (Å²) in [6.45, 7) is 4.28. The number of Topliss-reactive ketones (excluding diaryl/α,β-unsaturated/α-hetero) is 1. The Morgan fingerprint density at radius 3 is 2.86 bits per heavy atom. The summed E-state index contributed by atoms with van der Waals surface area (Å²) in [4.78, 5) is 11.5. The van der Waals surface area contributed by atoms with Gasteiger partial charge < -0.3 is 0 Å². The van der Waals surface area contributed by atoms with Gasteiger partial charge in [-0.3, -0.25) is 4.79 Å². The van der Waals surface area contributed by atoms with Crippen LogP contribution in [0.15, 0.2) is 12.2 Å². The molecular formula is C13H22O. The molecular weight excluding hydrogens is 172 g/mol. The highest BCUT2D eigenvalue weighted by Crippen LogP contribution is 2.40. The number of rotatable bonds is 4. The van der Waals surface area contributed by atoms with E-state index in [0.29, 0.717) is 5.78 Å². The minimum Gasteiger partial charge on any atom is -0.300 e. The van der Waals surface area contributed by atoms with E-state index in [9.17, 15) is 4.79 Å². The molecule has 0 amide bonds. The molecule has 0 aliphatic heterocycles. The number of allylic oxidation sites excluding steroid dienone is 2. The number of hydrogen-bond donors (Lipinski definition) is 0. The van der Waals surface area contributed by atoms with Crippen molar-refractivity contribution >= 4 is 5.78 Å². The molecule has 1 atom stereocenters. The molecule has 0 aromatic rings. The maximum Gasteiger partial charge on any atom is 0.133 e. The van der Waals surface area contributed by atoms with Gasteiger partial charge in [0.05, 0.1) is 0 Å². The molecule has 0 bridgehead atoms. The second-order valence-corrected chi connectivity index (χ2v) is 4.53. The first kappa shape index (κ1) is 11.5. The first-order valence-electron chi connectivity index (χ1n) is 5.88. The Morgan fingerprint density at radius 1 is 1.50 bits per heavy atom. The molecule has 0 N–H and O–H groups in total. The molecule has 0 heterocycles. The van der Waals surface area contributed by atoms with Crippen molar-refractivity contribution in [1.29, 1.82) is 0 Å². The number of ketones is 1. The van der Waals surface area contributed by atoms with Crippen LogP contribution < -0.4 is 0 Å². The largest absolute Gasteiger partial charge is 0.300 e. The van der Waals surface area contributed by atoms with Crippen LogP contribution in [-0.4, -0.2) is 5.78 Å². The molecule has 0 saturated heterocycles. The summed E-state index contributed by atoms with van der Waals surface area (Å²) >= 11 is 0. The van der Waals surface area contributed by atoms with Crippen LogP contribution in [0.1, 0.15) is 58.8 Å². The van der Waals surface area contributed by atoms with Gasteiger partial charge in [-0.05, 0) is 31.6 Å². The van der Waals surface area contributed by atoms with Crippen LogP contribution in [0.3, 0.4) is 0 Å². The molecule has 0 aromatic heterocycles. The highest BCUT2D eigenvalue weighted by Gasteiger charge is 2.32. The Morgan fingerprint density at radius 2 is 2.29 bits per heavy atom. The third-order valence-electron chi connectivity index (χ3n) is 3.23. The Labute approximate surface area is 87.6 Å². The zero-order chi connectivity index (χ0) is 10.4. The number of unbranched alkanes of at least 4 members (excludes halogenated alkanes) is 1. The van der Waals surface area contributed by atoms with Crippen LogP contribution >= 0.6 is 0 Å². The van der Waals surface area contributed by atoms with Crippen LogP contribution in [0.25, 0.3) is 0 Å². The maximum atomic E-state index is 11.5.